The number of hydrogen-bond acceptors (Lipinski definition) is 3. The van der Waals surface area contributed by atoms with E-state index in [1.54, 1.807) is 24.1 Å². The summed E-state index contributed by atoms with van der Waals surface area (Å²) < 4.78 is 0. The van der Waals surface area contributed by atoms with Gasteiger partial charge in [-0.1, -0.05) is 23.2 Å². The Morgan fingerprint density at radius 1 is 1.50 bits per heavy atom. The molecular weight excluding hydrogens is 275 g/mol. The van der Waals surface area contributed by atoms with Crippen LogP contribution in [-0.2, 0) is 0 Å². The Labute approximate surface area is 116 Å². The van der Waals surface area contributed by atoms with E-state index in [0.29, 0.717) is 18.0 Å². The van der Waals surface area contributed by atoms with Crippen molar-refractivity contribution < 1.29 is 9.90 Å². The van der Waals surface area contributed by atoms with Crippen LogP contribution in [-0.4, -0.2) is 40.6 Å². The second kappa shape index (κ2) is 5.43. The van der Waals surface area contributed by atoms with Crippen LogP contribution in [0.1, 0.15) is 23.2 Å². The summed E-state index contributed by atoms with van der Waals surface area (Å²) in [6.45, 7) is 0.620. The summed E-state index contributed by atoms with van der Waals surface area (Å²) in [7, 11) is 1.72. The van der Waals surface area contributed by atoms with Crippen LogP contribution in [0.4, 0.5) is 0 Å². The number of halogens is 2. The van der Waals surface area contributed by atoms with E-state index in [1.807, 2.05) is 0 Å². The monoisotopic (exact) mass is 288 g/mol. The first-order valence-corrected chi connectivity index (χ1v) is 6.48. The number of hydrogen-bond donors (Lipinski definition) is 1. The van der Waals surface area contributed by atoms with E-state index >= 15 is 0 Å². The van der Waals surface area contributed by atoms with Crippen molar-refractivity contribution in [3.8, 4) is 0 Å². The number of carbonyl (C=O) groups excluding carboxylic acids is 1. The van der Waals surface area contributed by atoms with Gasteiger partial charge in [-0.3, -0.25) is 4.79 Å². The van der Waals surface area contributed by atoms with Gasteiger partial charge in [-0.15, -0.1) is 0 Å². The van der Waals surface area contributed by atoms with E-state index in [-0.39, 0.29) is 22.3 Å². The fourth-order valence-corrected chi connectivity index (χ4v) is 2.52. The lowest BCUT2D eigenvalue weighted by Gasteiger charge is -2.34. The molecule has 0 atom stereocenters. The molecule has 0 spiro atoms. The highest BCUT2D eigenvalue weighted by Crippen LogP contribution is 2.28. The number of carbonyl (C=O) groups is 1. The Hall–Kier alpha value is -0.840. The minimum absolute atomic E-state index is 0.119. The van der Waals surface area contributed by atoms with Crippen molar-refractivity contribution in [3.63, 3.8) is 0 Å². The summed E-state index contributed by atoms with van der Waals surface area (Å²) in [5.74, 6) is 0.193. The zero-order valence-electron chi connectivity index (χ0n) is 9.94. The molecule has 0 unspecified atom stereocenters. The summed E-state index contributed by atoms with van der Waals surface area (Å²) in [6.07, 6.45) is 1.30. The highest BCUT2D eigenvalue weighted by Gasteiger charge is 2.29. The van der Waals surface area contributed by atoms with Gasteiger partial charge < -0.3 is 10.0 Å². The van der Waals surface area contributed by atoms with Crippen molar-refractivity contribution >= 4 is 29.1 Å². The number of aliphatic hydroxyl groups is 1. The molecule has 18 heavy (non-hydrogen) atoms. The molecule has 1 amide bonds. The molecule has 1 aliphatic carbocycles. The number of aliphatic hydroxyl groups excluding tert-OH is 1. The molecule has 1 aliphatic rings. The van der Waals surface area contributed by atoms with Gasteiger partial charge in [0.15, 0.2) is 0 Å². The Morgan fingerprint density at radius 2 is 2.17 bits per heavy atom. The van der Waals surface area contributed by atoms with Crippen LogP contribution >= 0.6 is 23.2 Å². The van der Waals surface area contributed by atoms with Gasteiger partial charge in [-0.2, -0.15) is 0 Å². The standard InChI is InChI=1S/C12H14Cl2N2O2/c1-16(6-7-4-8(17)5-7)12(18)9-2-3-10(13)15-11(9)14/h2-3,7-8,17H,4-6H2,1H3. The second-order valence-electron chi connectivity index (χ2n) is 4.65. The average molecular weight is 289 g/mol. The Balaban J connectivity index is 2.01. The molecule has 4 nitrogen and oxygen atoms in total. The summed E-state index contributed by atoms with van der Waals surface area (Å²) in [5, 5.41) is 9.60. The van der Waals surface area contributed by atoms with E-state index in [0.717, 1.165) is 12.8 Å². The molecule has 2 rings (SSSR count). The van der Waals surface area contributed by atoms with Gasteiger partial charge >= 0.3 is 0 Å². The lowest BCUT2D eigenvalue weighted by Crippen LogP contribution is -2.39. The van der Waals surface area contributed by atoms with Crippen LogP contribution in [0.2, 0.25) is 10.3 Å². The number of aromatic nitrogens is 1. The molecule has 0 radical (unpaired) electrons. The minimum atomic E-state index is -0.209. The molecule has 1 fully saturated rings. The maximum atomic E-state index is 12.1. The first kappa shape index (κ1) is 13.6. The second-order valence-corrected chi connectivity index (χ2v) is 5.39. The van der Waals surface area contributed by atoms with Crippen LogP contribution in [0, 0.1) is 5.92 Å². The summed E-state index contributed by atoms with van der Waals surface area (Å²) in [4.78, 5) is 17.6. The smallest absolute Gasteiger partial charge is 0.256 e. The molecule has 0 aliphatic heterocycles. The van der Waals surface area contributed by atoms with E-state index in [2.05, 4.69) is 4.98 Å². The molecule has 1 saturated carbocycles. The maximum Gasteiger partial charge on any atom is 0.256 e. The van der Waals surface area contributed by atoms with Crippen molar-refractivity contribution in [2.24, 2.45) is 5.92 Å². The highest BCUT2D eigenvalue weighted by atomic mass is 35.5. The van der Waals surface area contributed by atoms with Crippen molar-refractivity contribution in [2.75, 3.05) is 13.6 Å². The number of amides is 1. The largest absolute Gasteiger partial charge is 0.393 e. The van der Waals surface area contributed by atoms with Crippen LogP contribution in [0.3, 0.4) is 0 Å². The lowest BCUT2D eigenvalue weighted by atomic mass is 9.82. The van der Waals surface area contributed by atoms with Gasteiger partial charge in [0.05, 0.1) is 11.7 Å². The van der Waals surface area contributed by atoms with Gasteiger partial charge in [0.2, 0.25) is 0 Å². The van der Waals surface area contributed by atoms with Crippen molar-refractivity contribution in [3.05, 3.63) is 28.0 Å². The predicted octanol–water partition coefficient (Wildman–Crippen LogP) is 2.23. The maximum absolute atomic E-state index is 12.1. The van der Waals surface area contributed by atoms with Gasteiger partial charge in [-0.05, 0) is 30.9 Å². The first-order valence-electron chi connectivity index (χ1n) is 5.73. The van der Waals surface area contributed by atoms with Crippen LogP contribution in [0.15, 0.2) is 12.1 Å². The average Bonchev–Trinajstić information content (AvgIpc) is 2.26. The number of rotatable bonds is 3. The summed E-state index contributed by atoms with van der Waals surface area (Å²) >= 11 is 11.6. The van der Waals surface area contributed by atoms with E-state index in [4.69, 9.17) is 23.2 Å². The quantitative estimate of drug-likeness (QED) is 0.868. The van der Waals surface area contributed by atoms with E-state index < -0.39 is 0 Å². The van der Waals surface area contributed by atoms with Gasteiger partial charge in [0.25, 0.3) is 5.91 Å². The third-order valence-electron chi connectivity index (χ3n) is 3.13. The number of nitrogens with zero attached hydrogens (tertiary/aromatic N) is 2. The van der Waals surface area contributed by atoms with Crippen LogP contribution < -0.4 is 0 Å². The number of pyridine rings is 1. The fourth-order valence-electron chi connectivity index (χ4n) is 2.10. The molecule has 1 aromatic heterocycles. The van der Waals surface area contributed by atoms with Crippen molar-refractivity contribution in [2.45, 2.75) is 18.9 Å². The normalized spacial score (nSPS) is 22.4. The SMILES string of the molecule is CN(CC1CC(O)C1)C(=O)c1ccc(Cl)nc1Cl. The van der Waals surface area contributed by atoms with Crippen molar-refractivity contribution in [1.82, 2.24) is 9.88 Å². The molecule has 1 aromatic rings. The summed E-state index contributed by atoms with van der Waals surface area (Å²) in [5.41, 5.74) is 0.350. The zero-order valence-corrected chi connectivity index (χ0v) is 11.4. The van der Waals surface area contributed by atoms with Gasteiger partial charge in [0.1, 0.15) is 10.3 Å². The molecule has 1 N–H and O–H groups in total. The summed E-state index contributed by atoms with van der Waals surface area (Å²) in [6, 6.07) is 3.12. The van der Waals surface area contributed by atoms with Crippen molar-refractivity contribution in [1.29, 1.82) is 0 Å². The molecule has 0 bridgehead atoms. The Morgan fingerprint density at radius 3 is 2.72 bits per heavy atom. The Kier molecular flexibility index (Phi) is 4.10. The zero-order chi connectivity index (χ0) is 13.3. The van der Waals surface area contributed by atoms with Gasteiger partial charge in [0, 0.05) is 13.6 Å². The predicted molar refractivity (Wildman–Crippen MR) is 69.9 cm³/mol. The van der Waals surface area contributed by atoms with Crippen LogP contribution in [0.5, 0.6) is 0 Å². The minimum Gasteiger partial charge on any atom is -0.393 e. The first-order chi connectivity index (χ1) is 8.47. The molecule has 1 heterocycles. The van der Waals surface area contributed by atoms with E-state index in [1.165, 1.54) is 0 Å². The third-order valence-corrected chi connectivity index (χ3v) is 3.63. The molecular formula is C12H14Cl2N2O2. The van der Waals surface area contributed by atoms with Gasteiger partial charge in [-0.25, -0.2) is 4.98 Å². The Bertz CT molecular complexity index is 461. The third kappa shape index (κ3) is 2.94. The highest BCUT2D eigenvalue weighted by molar-refractivity contribution is 6.34. The lowest BCUT2D eigenvalue weighted by molar-refractivity contribution is 0.0265. The molecule has 0 saturated heterocycles. The fraction of sp³-hybridized carbons (Fsp3) is 0.500. The molecule has 98 valence electrons. The van der Waals surface area contributed by atoms with Crippen LogP contribution in [0.25, 0.3) is 0 Å². The molecule has 0 aromatic carbocycles. The topological polar surface area (TPSA) is 53.4 Å². The van der Waals surface area contributed by atoms with E-state index in [9.17, 15) is 9.90 Å². The molecule has 6 heteroatoms.